The van der Waals surface area contributed by atoms with Gasteiger partial charge in [-0.3, -0.25) is 4.79 Å². The Labute approximate surface area is 98.8 Å². The van der Waals surface area contributed by atoms with Crippen LogP contribution >= 0.6 is 11.8 Å². The van der Waals surface area contributed by atoms with Crippen molar-refractivity contribution in [3.63, 3.8) is 0 Å². The van der Waals surface area contributed by atoms with Crippen LogP contribution in [0.1, 0.15) is 11.1 Å². The first kappa shape index (κ1) is 11.5. The lowest BCUT2D eigenvalue weighted by Crippen LogP contribution is -2.53. The molecule has 4 heteroatoms. The molecule has 0 atom stereocenters. The van der Waals surface area contributed by atoms with Crippen LogP contribution in [0.25, 0.3) is 0 Å². The first-order valence-electron chi connectivity index (χ1n) is 5.11. The van der Waals surface area contributed by atoms with Crippen LogP contribution < -0.4 is 0 Å². The average molecular weight is 238 g/mol. The lowest BCUT2D eigenvalue weighted by atomic mass is 10.1. The van der Waals surface area contributed by atoms with E-state index in [1.54, 1.807) is 0 Å². The number of rotatable bonds is 3. The van der Waals surface area contributed by atoms with Crippen molar-refractivity contribution >= 4 is 17.7 Å². The SMILES string of the molecule is Cc1ccc(C)c(SC2(C(=O)O)COC2)c1. The Morgan fingerprint density at radius 3 is 2.62 bits per heavy atom. The topological polar surface area (TPSA) is 46.5 Å². The summed E-state index contributed by atoms with van der Waals surface area (Å²) >= 11 is 1.40. The van der Waals surface area contributed by atoms with E-state index in [1.165, 1.54) is 11.8 Å². The van der Waals surface area contributed by atoms with E-state index in [1.807, 2.05) is 32.0 Å². The van der Waals surface area contributed by atoms with E-state index >= 15 is 0 Å². The monoisotopic (exact) mass is 238 g/mol. The molecule has 0 unspecified atom stereocenters. The molecule has 1 aromatic rings. The molecule has 1 aliphatic rings. The van der Waals surface area contributed by atoms with Gasteiger partial charge in [0.2, 0.25) is 0 Å². The summed E-state index contributed by atoms with van der Waals surface area (Å²) in [4.78, 5) is 12.2. The number of thioether (sulfide) groups is 1. The molecule has 16 heavy (non-hydrogen) atoms. The van der Waals surface area contributed by atoms with E-state index in [-0.39, 0.29) is 0 Å². The van der Waals surface area contributed by atoms with Gasteiger partial charge in [-0.2, -0.15) is 0 Å². The zero-order valence-electron chi connectivity index (χ0n) is 9.32. The van der Waals surface area contributed by atoms with Gasteiger partial charge in [0.05, 0.1) is 13.2 Å². The van der Waals surface area contributed by atoms with Gasteiger partial charge in [0.25, 0.3) is 0 Å². The molecule has 0 spiro atoms. The molecule has 1 aromatic carbocycles. The van der Waals surface area contributed by atoms with Crippen LogP contribution in [0, 0.1) is 13.8 Å². The van der Waals surface area contributed by atoms with Crippen molar-refractivity contribution in [3.05, 3.63) is 29.3 Å². The van der Waals surface area contributed by atoms with Gasteiger partial charge in [-0.05, 0) is 25.5 Å². The fourth-order valence-electron chi connectivity index (χ4n) is 1.54. The minimum Gasteiger partial charge on any atom is -0.480 e. The molecule has 0 radical (unpaired) electrons. The minimum absolute atomic E-state index is 0.292. The van der Waals surface area contributed by atoms with Gasteiger partial charge in [0, 0.05) is 4.90 Å². The molecule has 0 amide bonds. The molecular formula is C12H14O3S. The molecule has 86 valence electrons. The minimum atomic E-state index is -0.787. The number of carboxylic acids is 1. The summed E-state index contributed by atoms with van der Waals surface area (Å²) < 4.78 is 4.26. The molecule has 0 bridgehead atoms. The van der Waals surface area contributed by atoms with E-state index in [0.717, 1.165) is 16.0 Å². The van der Waals surface area contributed by atoms with E-state index in [9.17, 15) is 9.90 Å². The first-order valence-corrected chi connectivity index (χ1v) is 5.92. The maximum atomic E-state index is 11.2. The number of carboxylic acid groups (broad SMARTS) is 1. The lowest BCUT2D eigenvalue weighted by molar-refractivity contribution is -0.151. The van der Waals surface area contributed by atoms with Gasteiger partial charge in [-0.15, -0.1) is 11.8 Å². The van der Waals surface area contributed by atoms with Crippen molar-refractivity contribution < 1.29 is 14.6 Å². The van der Waals surface area contributed by atoms with E-state index in [4.69, 9.17) is 4.74 Å². The first-order chi connectivity index (χ1) is 7.53. The quantitative estimate of drug-likeness (QED) is 0.877. The molecular weight excluding hydrogens is 224 g/mol. The number of benzene rings is 1. The van der Waals surface area contributed by atoms with Crippen LogP contribution in [0.2, 0.25) is 0 Å². The Balaban J connectivity index is 2.26. The second-order valence-corrected chi connectivity index (χ2v) is 5.59. The maximum Gasteiger partial charge on any atom is 0.324 e. The summed E-state index contributed by atoms with van der Waals surface area (Å²) in [6.45, 7) is 4.59. The largest absolute Gasteiger partial charge is 0.480 e. The van der Waals surface area contributed by atoms with Crippen molar-refractivity contribution in [1.29, 1.82) is 0 Å². The summed E-state index contributed by atoms with van der Waals surface area (Å²) in [6, 6.07) is 6.08. The molecule has 0 aliphatic carbocycles. The molecule has 3 nitrogen and oxygen atoms in total. The fourth-order valence-corrected chi connectivity index (χ4v) is 2.81. The zero-order valence-corrected chi connectivity index (χ0v) is 10.1. The average Bonchev–Trinajstić information content (AvgIpc) is 2.16. The third-order valence-electron chi connectivity index (χ3n) is 2.71. The summed E-state index contributed by atoms with van der Waals surface area (Å²) in [5.41, 5.74) is 2.26. The van der Waals surface area contributed by atoms with Crippen molar-refractivity contribution in [2.75, 3.05) is 13.2 Å². The van der Waals surface area contributed by atoms with Gasteiger partial charge in [0.1, 0.15) is 0 Å². The van der Waals surface area contributed by atoms with Gasteiger partial charge in [-0.25, -0.2) is 0 Å². The standard InChI is InChI=1S/C12H14O3S/c1-8-3-4-9(2)10(5-8)16-12(11(13)14)6-15-7-12/h3-5H,6-7H2,1-2H3,(H,13,14). The second-order valence-electron chi connectivity index (χ2n) is 4.16. The van der Waals surface area contributed by atoms with Crippen molar-refractivity contribution in [2.24, 2.45) is 0 Å². The predicted octanol–water partition coefficient (Wildman–Crippen LogP) is 2.25. The number of carbonyl (C=O) groups is 1. The molecule has 1 aliphatic heterocycles. The molecule has 1 saturated heterocycles. The molecule has 1 N–H and O–H groups in total. The van der Waals surface area contributed by atoms with Gasteiger partial charge in [-0.1, -0.05) is 17.7 Å². The lowest BCUT2D eigenvalue weighted by Gasteiger charge is -2.36. The zero-order chi connectivity index (χ0) is 11.8. The Morgan fingerprint density at radius 2 is 2.12 bits per heavy atom. The highest BCUT2D eigenvalue weighted by Gasteiger charge is 2.47. The van der Waals surface area contributed by atoms with Gasteiger partial charge >= 0.3 is 5.97 Å². The summed E-state index contributed by atoms with van der Waals surface area (Å²) in [5, 5.41) is 9.20. The van der Waals surface area contributed by atoms with Crippen LogP contribution in [-0.2, 0) is 9.53 Å². The number of aryl methyl sites for hydroxylation is 2. The van der Waals surface area contributed by atoms with Crippen molar-refractivity contribution in [3.8, 4) is 0 Å². The highest BCUT2D eigenvalue weighted by Crippen LogP contribution is 2.40. The molecule has 1 fully saturated rings. The number of ether oxygens (including phenoxy) is 1. The van der Waals surface area contributed by atoms with Crippen LogP contribution in [-0.4, -0.2) is 29.0 Å². The molecule has 2 rings (SSSR count). The molecule has 0 saturated carbocycles. The normalized spacial score (nSPS) is 17.9. The molecule has 0 aromatic heterocycles. The van der Waals surface area contributed by atoms with Crippen molar-refractivity contribution in [2.45, 2.75) is 23.5 Å². The number of hydrogen-bond acceptors (Lipinski definition) is 3. The summed E-state index contributed by atoms with van der Waals surface area (Å²) in [7, 11) is 0. The second kappa shape index (κ2) is 4.11. The third-order valence-corrected chi connectivity index (χ3v) is 4.17. The fraction of sp³-hybridized carbons (Fsp3) is 0.417. The van der Waals surface area contributed by atoms with Gasteiger partial charge in [0.15, 0.2) is 4.75 Å². The third kappa shape index (κ3) is 1.95. The Kier molecular flexibility index (Phi) is 2.95. The van der Waals surface area contributed by atoms with E-state index in [0.29, 0.717) is 13.2 Å². The van der Waals surface area contributed by atoms with E-state index < -0.39 is 10.7 Å². The van der Waals surface area contributed by atoms with Crippen LogP contribution in [0.4, 0.5) is 0 Å². The summed E-state index contributed by atoms with van der Waals surface area (Å²) in [5.74, 6) is -0.787. The van der Waals surface area contributed by atoms with Crippen molar-refractivity contribution in [1.82, 2.24) is 0 Å². The van der Waals surface area contributed by atoms with E-state index in [2.05, 4.69) is 0 Å². The highest BCUT2D eigenvalue weighted by molar-refractivity contribution is 8.01. The predicted molar refractivity (Wildman–Crippen MR) is 63.0 cm³/mol. The Bertz CT molecular complexity index is 424. The van der Waals surface area contributed by atoms with Crippen LogP contribution in [0.15, 0.2) is 23.1 Å². The smallest absolute Gasteiger partial charge is 0.324 e. The molecule has 1 heterocycles. The van der Waals surface area contributed by atoms with Crippen LogP contribution in [0.5, 0.6) is 0 Å². The highest BCUT2D eigenvalue weighted by atomic mass is 32.2. The van der Waals surface area contributed by atoms with Gasteiger partial charge < -0.3 is 9.84 Å². The Hall–Kier alpha value is -1.00. The summed E-state index contributed by atoms with van der Waals surface area (Å²) in [6.07, 6.45) is 0. The van der Waals surface area contributed by atoms with Crippen LogP contribution in [0.3, 0.4) is 0 Å². The number of hydrogen-bond donors (Lipinski definition) is 1. The maximum absolute atomic E-state index is 11.2. The number of aliphatic carboxylic acids is 1. The Morgan fingerprint density at radius 1 is 1.44 bits per heavy atom.